The van der Waals surface area contributed by atoms with Gasteiger partial charge in [0.05, 0.1) is 11.0 Å². The van der Waals surface area contributed by atoms with E-state index in [4.69, 9.17) is 9.97 Å². The number of benzene rings is 3. The number of nitrogens with zero attached hydrogens (tertiary/aromatic N) is 4. The van der Waals surface area contributed by atoms with Crippen LogP contribution in [0.1, 0.15) is 22.3 Å². The van der Waals surface area contributed by atoms with E-state index < -0.39 is 0 Å². The van der Waals surface area contributed by atoms with E-state index in [1.54, 1.807) is 0 Å². The van der Waals surface area contributed by atoms with Crippen molar-refractivity contribution in [2.75, 3.05) is 0 Å². The summed E-state index contributed by atoms with van der Waals surface area (Å²) >= 11 is 0. The summed E-state index contributed by atoms with van der Waals surface area (Å²) in [6.07, 6.45) is 7.60. The Kier molecular flexibility index (Phi) is 3.11. The Morgan fingerprint density at radius 2 is 1.63 bits per heavy atom. The highest BCUT2D eigenvalue weighted by molar-refractivity contribution is 6.12. The predicted octanol–water partition coefficient (Wildman–Crippen LogP) is 6.73. The molecule has 0 fully saturated rings. The lowest BCUT2D eigenvalue weighted by molar-refractivity contribution is 1.22. The first-order valence-electron chi connectivity index (χ1n) is 12.0. The molecular formula is C31H18N4. The molecule has 0 unspecified atom stereocenters. The molecule has 35 heavy (non-hydrogen) atoms. The van der Waals surface area contributed by atoms with Gasteiger partial charge in [0.25, 0.3) is 0 Å². The van der Waals surface area contributed by atoms with Crippen molar-refractivity contribution in [1.82, 2.24) is 19.4 Å². The van der Waals surface area contributed by atoms with Crippen molar-refractivity contribution in [2.24, 2.45) is 0 Å². The average Bonchev–Trinajstić information content (AvgIpc) is 3.58. The molecule has 0 atom stereocenters. The fraction of sp³-hybridized carbons (Fsp3) is 0.0645. The van der Waals surface area contributed by atoms with Crippen LogP contribution >= 0.6 is 0 Å². The summed E-state index contributed by atoms with van der Waals surface area (Å²) in [5, 5.41) is 3.32. The highest BCUT2D eigenvalue weighted by atomic mass is 15.1. The van der Waals surface area contributed by atoms with E-state index in [0.717, 1.165) is 51.3 Å². The molecule has 9 rings (SSSR count). The first kappa shape index (κ1) is 17.8. The fourth-order valence-electron chi connectivity index (χ4n) is 6.48. The maximum atomic E-state index is 5.16. The van der Waals surface area contributed by atoms with E-state index >= 15 is 0 Å². The van der Waals surface area contributed by atoms with Crippen LogP contribution in [0.3, 0.4) is 0 Å². The van der Waals surface area contributed by atoms with Crippen LogP contribution in [0, 0.1) is 0 Å². The summed E-state index contributed by atoms with van der Waals surface area (Å²) < 4.78 is 2.22. The molecule has 0 aliphatic heterocycles. The molecule has 0 saturated carbocycles. The summed E-state index contributed by atoms with van der Waals surface area (Å²) in [6.45, 7) is 0. The van der Waals surface area contributed by atoms with Gasteiger partial charge in [-0.25, -0.2) is 9.97 Å². The molecule has 4 aromatic heterocycles. The standard InChI is InChI=1S/C31H18N4/c1-2-5-20-17(4-1)13-25-21(20)8-7-18-12-19-14-28-27(15-24(19)29(18)25)34-31-26-16-32-11-9-22(26)23-6-3-10-33-30(23)35(28)31/h1-11,14-16H,12-13H2. The van der Waals surface area contributed by atoms with Crippen LogP contribution in [0.4, 0.5) is 0 Å². The van der Waals surface area contributed by atoms with E-state index in [1.165, 1.54) is 44.5 Å². The second-order valence-corrected chi connectivity index (χ2v) is 9.70. The van der Waals surface area contributed by atoms with Gasteiger partial charge >= 0.3 is 0 Å². The molecule has 0 saturated heterocycles. The third-order valence-corrected chi connectivity index (χ3v) is 7.95. The van der Waals surface area contributed by atoms with Crippen molar-refractivity contribution < 1.29 is 0 Å². The summed E-state index contributed by atoms with van der Waals surface area (Å²) in [7, 11) is 0. The average molecular weight is 447 g/mol. The zero-order valence-corrected chi connectivity index (χ0v) is 18.8. The van der Waals surface area contributed by atoms with Crippen LogP contribution in [-0.2, 0) is 12.8 Å². The Balaban J connectivity index is 1.38. The lowest BCUT2D eigenvalue weighted by atomic mass is 9.95. The molecule has 0 bridgehead atoms. The third kappa shape index (κ3) is 2.15. The van der Waals surface area contributed by atoms with Gasteiger partial charge < -0.3 is 0 Å². The minimum absolute atomic E-state index is 0.920. The molecular weight excluding hydrogens is 428 g/mol. The number of rotatable bonds is 0. The summed E-state index contributed by atoms with van der Waals surface area (Å²) in [6, 6.07) is 24.3. The lowest BCUT2D eigenvalue weighted by Gasteiger charge is -2.09. The molecule has 4 heteroatoms. The quantitative estimate of drug-likeness (QED) is 0.243. The van der Waals surface area contributed by atoms with Crippen LogP contribution in [0.25, 0.3) is 60.7 Å². The number of fused-ring (bicyclic) bond motifs is 15. The highest BCUT2D eigenvalue weighted by Crippen LogP contribution is 2.48. The largest absolute Gasteiger partial charge is 0.276 e. The molecule has 7 aromatic rings. The Hall–Kier alpha value is -4.57. The minimum Gasteiger partial charge on any atom is -0.276 e. The highest BCUT2D eigenvalue weighted by Gasteiger charge is 2.29. The number of imidazole rings is 1. The van der Waals surface area contributed by atoms with Crippen LogP contribution in [0.15, 0.2) is 85.3 Å². The van der Waals surface area contributed by atoms with Crippen molar-refractivity contribution >= 4 is 38.5 Å². The maximum absolute atomic E-state index is 5.16. The first-order chi connectivity index (χ1) is 17.3. The molecule has 3 aromatic carbocycles. The molecule has 0 amide bonds. The zero-order valence-electron chi connectivity index (χ0n) is 18.8. The van der Waals surface area contributed by atoms with Crippen molar-refractivity contribution in [3.8, 4) is 22.3 Å². The normalized spacial score (nSPS) is 13.5. The topological polar surface area (TPSA) is 43.1 Å². The first-order valence-corrected chi connectivity index (χ1v) is 12.0. The van der Waals surface area contributed by atoms with Crippen LogP contribution in [-0.4, -0.2) is 19.4 Å². The van der Waals surface area contributed by atoms with Gasteiger partial charge in [0.1, 0.15) is 11.3 Å². The van der Waals surface area contributed by atoms with Crippen LogP contribution in [0.5, 0.6) is 0 Å². The molecule has 4 heterocycles. The van der Waals surface area contributed by atoms with Gasteiger partial charge in [-0.05, 0) is 93.1 Å². The van der Waals surface area contributed by atoms with Gasteiger partial charge in [-0.2, -0.15) is 0 Å². The van der Waals surface area contributed by atoms with Gasteiger partial charge in [0.2, 0.25) is 0 Å². The monoisotopic (exact) mass is 446 g/mol. The zero-order chi connectivity index (χ0) is 22.7. The SMILES string of the molecule is c1ccc2c(c1)Cc1c-2ccc2c1-c1cc3nc4c5cnccc5c5cccnc5n4c3cc1C2. The lowest BCUT2D eigenvalue weighted by Crippen LogP contribution is -1.94. The second kappa shape index (κ2) is 6.10. The number of hydrogen-bond acceptors (Lipinski definition) is 3. The smallest absolute Gasteiger partial charge is 0.149 e. The van der Waals surface area contributed by atoms with Crippen LogP contribution < -0.4 is 0 Å². The summed E-state index contributed by atoms with van der Waals surface area (Å²) in [5.74, 6) is 0. The molecule has 162 valence electrons. The second-order valence-electron chi connectivity index (χ2n) is 9.70. The Morgan fingerprint density at radius 3 is 2.63 bits per heavy atom. The van der Waals surface area contributed by atoms with Gasteiger partial charge in [-0.1, -0.05) is 36.4 Å². The Labute approximate surface area is 200 Å². The molecule has 0 radical (unpaired) electrons. The van der Waals surface area contributed by atoms with Gasteiger partial charge in [-0.15, -0.1) is 0 Å². The van der Waals surface area contributed by atoms with Gasteiger partial charge in [0, 0.05) is 29.4 Å². The third-order valence-electron chi connectivity index (χ3n) is 7.95. The summed E-state index contributed by atoms with van der Waals surface area (Å²) in [4.78, 5) is 14.4. The van der Waals surface area contributed by atoms with Crippen LogP contribution in [0.2, 0.25) is 0 Å². The maximum Gasteiger partial charge on any atom is 0.149 e. The van der Waals surface area contributed by atoms with E-state index in [9.17, 15) is 0 Å². The fourth-order valence-corrected chi connectivity index (χ4v) is 6.48. The molecule has 2 aliphatic carbocycles. The van der Waals surface area contributed by atoms with E-state index in [2.05, 4.69) is 70.0 Å². The van der Waals surface area contributed by atoms with Gasteiger partial charge in [-0.3, -0.25) is 9.38 Å². The number of hydrogen-bond donors (Lipinski definition) is 0. The van der Waals surface area contributed by atoms with Crippen molar-refractivity contribution in [3.63, 3.8) is 0 Å². The van der Waals surface area contributed by atoms with E-state index in [0.29, 0.717) is 0 Å². The van der Waals surface area contributed by atoms with Gasteiger partial charge in [0.15, 0.2) is 0 Å². The van der Waals surface area contributed by atoms with Crippen molar-refractivity contribution in [3.05, 3.63) is 108 Å². The molecule has 2 aliphatic rings. The van der Waals surface area contributed by atoms with Crippen molar-refractivity contribution in [2.45, 2.75) is 12.8 Å². The molecule has 4 nitrogen and oxygen atoms in total. The Bertz CT molecular complexity index is 2070. The molecule has 0 spiro atoms. The Morgan fingerprint density at radius 1 is 0.657 bits per heavy atom. The number of aromatic nitrogens is 4. The van der Waals surface area contributed by atoms with Crippen molar-refractivity contribution in [1.29, 1.82) is 0 Å². The number of pyridine rings is 3. The summed E-state index contributed by atoms with van der Waals surface area (Å²) in [5.41, 5.74) is 15.2. The van der Waals surface area contributed by atoms with E-state index in [1.807, 2.05) is 24.7 Å². The minimum atomic E-state index is 0.920. The predicted molar refractivity (Wildman–Crippen MR) is 140 cm³/mol. The molecule has 0 N–H and O–H groups in total. The van der Waals surface area contributed by atoms with E-state index in [-0.39, 0.29) is 0 Å².